The van der Waals surface area contributed by atoms with Gasteiger partial charge in [0.25, 0.3) is 0 Å². The summed E-state index contributed by atoms with van der Waals surface area (Å²) in [4.78, 5) is 11.2. The lowest BCUT2D eigenvalue weighted by atomic mass is 9.99. The predicted molar refractivity (Wildman–Crippen MR) is 66.0 cm³/mol. The Morgan fingerprint density at radius 2 is 2.13 bits per heavy atom. The van der Waals surface area contributed by atoms with Gasteiger partial charge in [0.2, 0.25) is 5.91 Å². The first-order valence-corrected chi connectivity index (χ1v) is 6.74. The van der Waals surface area contributed by atoms with E-state index in [1.807, 2.05) is 18.7 Å². The van der Waals surface area contributed by atoms with E-state index in [0.717, 1.165) is 17.4 Å². The summed E-state index contributed by atoms with van der Waals surface area (Å²) >= 11 is 2.00. The van der Waals surface area contributed by atoms with E-state index in [9.17, 15) is 4.79 Å². The third-order valence-electron chi connectivity index (χ3n) is 3.35. The Hall–Kier alpha value is -0.220. The Kier molecular flexibility index (Phi) is 4.93. The molecule has 1 amide bonds. The molecule has 88 valence electrons. The van der Waals surface area contributed by atoms with Gasteiger partial charge in [-0.25, -0.2) is 0 Å². The molecule has 1 aliphatic carbocycles. The summed E-state index contributed by atoms with van der Waals surface area (Å²) in [5.74, 6) is 0.766. The third kappa shape index (κ3) is 3.68. The molecule has 0 aromatic carbocycles. The highest BCUT2D eigenvalue weighted by atomic mass is 32.2. The summed E-state index contributed by atoms with van der Waals surface area (Å²) in [7, 11) is 1.80. The number of nitrogens with one attached hydrogen (secondary N) is 1. The molecule has 0 heterocycles. The fourth-order valence-corrected chi connectivity index (χ4v) is 3.38. The van der Waals surface area contributed by atoms with Crippen molar-refractivity contribution in [2.75, 3.05) is 12.8 Å². The molecule has 4 heteroatoms. The Labute approximate surface area is 96.6 Å². The van der Waals surface area contributed by atoms with Crippen molar-refractivity contribution in [3.05, 3.63) is 0 Å². The van der Waals surface area contributed by atoms with Crippen molar-refractivity contribution < 1.29 is 4.79 Å². The minimum atomic E-state index is -0.536. The van der Waals surface area contributed by atoms with Gasteiger partial charge in [0, 0.05) is 5.25 Å². The zero-order valence-corrected chi connectivity index (χ0v) is 10.5. The Balaban J connectivity index is 2.25. The van der Waals surface area contributed by atoms with Gasteiger partial charge in [0.15, 0.2) is 0 Å². The molecule has 1 rings (SSSR count). The van der Waals surface area contributed by atoms with Gasteiger partial charge in [-0.2, -0.15) is 11.8 Å². The number of amides is 1. The highest BCUT2D eigenvalue weighted by Gasteiger charge is 2.28. The molecule has 1 aliphatic rings. The second-order valence-corrected chi connectivity index (χ2v) is 5.88. The minimum absolute atomic E-state index is 0.253. The standard InChI is InChI=1S/C11H22N2OS/c1-11(13-2,10(12)14)7-8-15-9-5-3-4-6-9/h9,13H,3-8H2,1-2H3,(H2,12,14). The van der Waals surface area contributed by atoms with Crippen LogP contribution in [0, 0.1) is 0 Å². The molecule has 0 saturated heterocycles. The molecule has 0 aliphatic heterocycles. The third-order valence-corrected chi connectivity index (χ3v) is 4.74. The van der Waals surface area contributed by atoms with Crippen LogP contribution >= 0.6 is 11.8 Å². The summed E-state index contributed by atoms with van der Waals surface area (Å²) in [6.07, 6.45) is 6.25. The fraction of sp³-hybridized carbons (Fsp3) is 0.909. The zero-order valence-electron chi connectivity index (χ0n) is 9.71. The second kappa shape index (κ2) is 5.75. The number of thioether (sulfide) groups is 1. The van der Waals surface area contributed by atoms with Crippen LogP contribution < -0.4 is 11.1 Å². The van der Waals surface area contributed by atoms with E-state index in [0.29, 0.717) is 0 Å². The van der Waals surface area contributed by atoms with E-state index < -0.39 is 5.54 Å². The summed E-state index contributed by atoms with van der Waals surface area (Å²) in [6, 6.07) is 0. The van der Waals surface area contributed by atoms with Crippen molar-refractivity contribution in [2.45, 2.75) is 49.8 Å². The van der Waals surface area contributed by atoms with Crippen molar-refractivity contribution in [3.63, 3.8) is 0 Å². The Morgan fingerprint density at radius 3 is 2.60 bits per heavy atom. The molecular weight excluding hydrogens is 208 g/mol. The number of hydrogen-bond acceptors (Lipinski definition) is 3. The highest BCUT2D eigenvalue weighted by molar-refractivity contribution is 7.99. The normalized spacial score (nSPS) is 21.5. The first kappa shape index (κ1) is 12.8. The van der Waals surface area contributed by atoms with Crippen LogP contribution in [-0.2, 0) is 4.79 Å². The number of primary amides is 1. The first-order chi connectivity index (χ1) is 7.08. The maximum absolute atomic E-state index is 11.2. The molecule has 0 radical (unpaired) electrons. The lowest BCUT2D eigenvalue weighted by molar-refractivity contribution is -0.123. The fourth-order valence-electron chi connectivity index (χ4n) is 1.86. The monoisotopic (exact) mass is 230 g/mol. The summed E-state index contributed by atoms with van der Waals surface area (Å²) in [6.45, 7) is 1.88. The average Bonchev–Trinajstić information content (AvgIpc) is 2.70. The van der Waals surface area contributed by atoms with Crippen LogP contribution in [-0.4, -0.2) is 29.5 Å². The van der Waals surface area contributed by atoms with Crippen molar-refractivity contribution in [2.24, 2.45) is 5.73 Å². The van der Waals surface area contributed by atoms with Crippen LogP contribution in [0.4, 0.5) is 0 Å². The van der Waals surface area contributed by atoms with Gasteiger partial charge in [-0.1, -0.05) is 12.8 Å². The highest BCUT2D eigenvalue weighted by Crippen LogP contribution is 2.30. The molecule has 1 unspecified atom stereocenters. The maximum atomic E-state index is 11.2. The van der Waals surface area contributed by atoms with E-state index in [1.165, 1.54) is 25.7 Å². The number of nitrogens with two attached hydrogens (primary N) is 1. The van der Waals surface area contributed by atoms with E-state index in [2.05, 4.69) is 5.32 Å². The molecule has 15 heavy (non-hydrogen) atoms. The van der Waals surface area contributed by atoms with Gasteiger partial charge in [0.05, 0.1) is 5.54 Å². The number of carbonyl (C=O) groups is 1. The van der Waals surface area contributed by atoms with Crippen LogP contribution in [0.5, 0.6) is 0 Å². The zero-order chi connectivity index (χ0) is 11.3. The summed E-state index contributed by atoms with van der Waals surface area (Å²) in [5, 5.41) is 3.83. The summed E-state index contributed by atoms with van der Waals surface area (Å²) < 4.78 is 0. The topological polar surface area (TPSA) is 55.1 Å². The quantitative estimate of drug-likeness (QED) is 0.727. The molecule has 0 bridgehead atoms. The Morgan fingerprint density at radius 1 is 1.53 bits per heavy atom. The van der Waals surface area contributed by atoms with E-state index in [-0.39, 0.29) is 5.91 Å². The molecule has 0 aromatic heterocycles. The average molecular weight is 230 g/mol. The number of hydrogen-bond donors (Lipinski definition) is 2. The van der Waals surface area contributed by atoms with E-state index in [4.69, 9.17) is 5.73 Å². The van der Waals surface area contributed by atoms with E-state index in [1.54, 1.807) is 7.05 Å². The van der Waals surface area contributed by atoms with Crippen LogP contribution in [0.15, 0.2) is 0 Å². The number of carbonyl (C=O) groups excluding carboxylic acids is 1. The van der Waals surface area contributed by atoms with Crippen LogP contribution in [0.25, 0.3) is 0 Å². The van der Waals surface area contributed by atoms with Crippen LogP contribution in [0.2, 0.25) is 0 Å². The largest absolute Gasteiger partial charge is 0.368 e. The molecule has 3 nitrogen and oxygen atoms in total. The molecule has 0 aromatic rings. The van der Waals surface area contributed by atoms with Crippen molar-refractivity contribution >= 4 is 17.7 Å². The van der Waals surface area contributed by atoms with Gasteiger partial charge >= 0.3 is 0 Å². The van der Waals surface area contributed by atoms with Gasteiger partial charge in [-0.15, -0.1) is 0 Å². The lowest BCUT2D eigenvalue weighted by Crippen LogP contribution is -2.51. The molecule has 1 saturated carbocycles. The van der Waals surface area contributed by atoms with Gasteiger partial charge in [0.1, 0.15) is 0 Å². The van der Waals surface area contributed by atoms with Crippen molar-refractivity contribution in [1.82, 2.24) is 5.32 Å². The lowest BCUT2D eigenvalue weighted by Gasteiger charge is -2.25. The SMILES string of the molecule is CNC(C)(CCSC1CCCC1)C(N)=O. The molecule has 1 fully saturated rings. The smallest absolute Gasteiger partial charge is 0.237 e. The maximum Gasteiger partial charge on any atom is 0.237 e. The van der Waals surface area contributed by atoms with Crippen LogP contribution in [0.1, 0.15) is 39.0 Å². The Bertz CT molecular complexity index is 217. The van der Waals surface area contributed by atoms with Crippen LogP contribution in [0.3, 0.4) is 0 Å². The minimum Gasteiger partial charge on any atom is -0.368 e. The number of likely N-dealkylation sites (N-methyl/N-ethyl adjacent to an activating group) is 1. The van der Waals surface area contributed by atoms with Gasteiger partial charge < -0.3 is 11.1 Å². The first-order valence-electron chi connectivity index (χ1n) is 5.69. The second-order valence-electron chi connectivity index (χ2n) is 4.47. The molecular formula is C11H22N2OS. The van der Waals surface area contributed by atoms with E-state index >= 15 is 0 Å². The molecule has 1 atom stereocenters. The molecule has 0 spiro atoms. The number of rotatable bonds is 6. The van der Waals surface area contributed by atoms with Crippen molar-refractivity contribution in [3.8, 4) is 0 Å². The van der Waals surface area contributed by atoms with Gasteiger partial charge in [-0.3, -0.25) is 4.79 Å². The predicted octanol–water partition coefficient (Wildman–Crippen LogP) is 1.52. The van der Waals surface area contributed by atoms with Gasteiger partial charge in [-0.05, 0) is 39.0 Å². The molecule has 3 N–H and O–H groups in total. The summed E-state index contributed by atoms with van der Waals surface area (Å²) in [5.41, 5.74) is 4.83. The van der Waals surface area contributed by atoms with Crippen molar-refractivity contribution in [1.29, 1.82) is 0 Å².